The Balaban J connectivity index is 2.35. The first kappa shape index (κ1) is 16.0. The fourth-order valence-corrected chi connectivity index (χ4v) is 5.09. The summed E-state index contributed by atoms with van der Waals surface area (Å²) in [5.41, 5.74) is 10.8. The first-order valence-electron chi connectivity index (χ1n) is 7.58. The Labute approximate surface area is 149 Å². The van der Waals surface area contributed by atoms with Gasteiger partial charge in [-0.2, -0.15) is 0 Å². The Bertz CT molecular complexity index is 706. The number of hydrogen-bond acceptors (Lipinski definition) is 0. The molecule has 0 heterocycles. The highest BCUT2D eigenvalue weighted by molar-refractivity contribution is 9.12. The van der Waals surface area contributed by atoms with E-state index in [2.05, 4.69) is 96.0 Å². The molecule has 0 bridgehead atoms. The Kier molecular flexibility index (Phi) is 4.35. The highest BCUT2D eigenvalue weighted by atomic mass is 79.9. The third-order valence-electron chi connectivity index (χ3n) is 4.67. The molecule has 0 unspecified atom stereocenters. The molecule has 2 heteroatoms. The lowest BCUT2D eigenvalue weighted by molar-refractivity contribution is 0.907. The van der Waals surface area contributed by atoms with Crippen molar-refractivity contribution < 1.29 is 0 Å². The van der Waals surface area contributed by atoms with Crippen molar-refractivity contribution in [1.29, 1.82) is 0 Å². The zero-order valence-corrected chi connectivity index (χ0v) is 16.5. The zero-order valence-electron chi connectivity index (χ0n) is 13.4. The molecule has 22 heavy (non-hydrogen) atoms. The fourth-order valence-electron chi connectivity index (χ4n) is 3.34. The second kappa shape index (κ2) is 5.98. The summed E-state index contributed by atoms with van der Waals surface area (Å²) < 4.78 is 0. The van der Waals surface area contributed by atoms with E-state index in [1.165, 1.54) is 44.5 Å². The van der Waals surface area contributed by atoms with Crippen molar-refractivity contribution in [2.24, 2.45) is 0 Å². The van der Waals surface area contributed by atoms with Crippen LogP contribution in [-0.2, 0) is 0 Å². The molecule has 1 aliphatic carbocycles. The van der Waals surface area contributed by atoms with Gasteiger partial charge < -0.3 is 0 Å². The number of rotatable bonds is 0. The van der Waals surface area contributed by atoms with Gasteiger partial charge in [0.2, 0.25) is 0 Å². The largest absolute Gasteiger partial charge is 0.0822 e. The van der Waals surface area contributed by atoms with Crippen molar-refractivity contribution in [2.45, 2.75) is 37.3 Å². The Morgan fingerprint density at radius 3 is 1.27 bits per heavy atom. The van der Waals surface area contributed by atoms with E-state index in [4.69, 9.17) is 0 Å². The van der Waals surface area contributed by atoms with E-state index in [0.717, 1.165) is 0 Å². The first-order chi connectivity index (χ1) is 10.4. The van der Waals surface area contributed by atoms with Gasteiger partial charge in [0.05, 0.1) is 9.65 Å². The molecule has 114 valence electrons. The maximum absolute atomic E-state index is 3.97. The summed E-state index contributed by atoms with van der Waals surface area (Å²) in [6.07, 6.45) is 4.58. The first-order valence-corrected chi connectivity index (χ1v) is 9.41. The minimum Gasteiger partial charge on any atom is -0.0822 e. The van der Waals surface area contributed by atoms with Crippen LogP contribution in [0.1, 0.15) is 54.2 Å². The third-order valence-corrected chi connectivity index (χ3v) is 7.35. The second-order valence-corrected chi connectivity index (χ2v) is 8.16. The van der Waals surface area contributed by atoms with Crippen LogP contribution >= 0.6 is 31.9 Å². The van der Waals surface area contributed by atoms with Crippen molar-refractivity contribution in [3.8, 4) is 0 Å². The van der Waals surface area contributed by atoms with Gasteiger partial charge in [-0.05, 0) is 72.2 Å². The van der Waals surface area contributed by atoms with Crippen molar-refractivity contribution in [3.05, 3.63) is 68.8 Å². The van der Waals surface area contributed by atoms with E-state index >= 15 is 0 Å². The third kappa shape index (κ3) is 2.51. The van der Waals surface area contributed by atoms with Crippen molar-refractivity contribution >= 4 is 44.0 Å². The molecule has 0 radical (unpaired) electrons. The van der Waals surface area contributed by atoms with E-state index in [9.17, 15) is 0 Å². The summed E-state index contributed by atoms with van der Waals surface area (Å²) in [4.78, 5) is 0.512. The molecule has 0 N–H and O–H groups in total. The molecule has 3 rings (SSSR count). The Morgan fingerprint density at radius 2 is 0.909 bits per heavy atom. The highest BCUT2D eigenvalue weighted by Crippen LogP contribution is 2.49. The predicted molar refractivity (Wildman–Crippen MR) is 104 cm³/mol. The van der Waals surface area contributed by atoms with Gasteiger partial charge in [-0.15, -0.1) is 0 Å². The van der Waals surface area contributed by atoms with Crippen molar-refractivity contribution in [2.75, 3.05) is 0 Å². The lowest BCUT2D eigenvalue weighted by atomic mass is 9.85. The molecule has 2 atom stereocenters. The van der Waals surface area contributed by atoms with E-state index in [1.54, 1.807) is 0 Å². The highest BCUT2D eigenvalue weighted by Gasteiger charge is 2.28. The molecule has 2 aromatic carbocycles. The van der Waals surface area contributed by atoms with Crippen LogP contribution in [0.4, 0.5) is 0 Å². The standard InChI is InChI=1S/C20H20Br2/c1-11-5-7-13(3)17-15(11)9-10-16-12(2)6-8-14(4)18(16)20(22)19(17)21/h5-10,19-20H,1-4H3/t19-,20-/m0/s1. The van der Waals surface area contributed by atoms with Crippen LogP contribution in [0.5, 0.6) is 0 Å². The minimum atomic E-state index is 0.256. The maximum atomic E-state index is 3.97. The summed E-state index contributed by atoms with van der Waals surface area (Å²) in [5.74, 6) is 0. The Morgan fingerprint density at radius 1 is 0.591 bits per heavy atom. The Hall–Kier alpha value is -0.860. The summed E-state index contributed by atoms with van der Waals surface area (Å²) in [6.45, 7) is 8.78. The zero-order chi connectivity index (χ0) is 16.0. The van der Waals surface area contributed by atoms with Crippen LogP contribution in [-0.4, -0.2) is 0 Å². The minimum absolute atomic E-state index is 0.256. The molecule has 0 fully saturated rings. The molecule has 0 amide bonds. The van der Waals surface area contributed by atoms with Crippen molar-refractivity contribution in [3.63, 3.8) is 0 Å². The number of alkyl halides is 2. The van der Waals surface area contributed by atoms with E-state index < -0.39 is 0 Å². The van der Waals surface area contributed by atoms with Gasteiger partial charge in [-0.1, -0.05) is 68.3 Å². The fraction of sp³-hybridized carbons (Fsp3) is 0.300. The average molecular weight is 420 g/mol. The quantitative estimate of drug-likeness (QED) is 0.404. The molecule has 2 aromatic rings. The molecule has 0 aliphatic heterocycles. The normalized spacial score (nSPS) is 20.1. The number of aryl methyl sites for hydroxylation is 4. The van der Waals surface area contributed by atoms with Gasteiger partial charge in [0, 0.05) is 0 Å². The molecule has 0 aromatic heterocycles. The van der Waals surface area contributed by atoms with Gasteiger partial charge in [-0.3, -0.25) is 0 Å². The van der Waals surface area contributed by atoms with Crippen LogP contribution < -0.4 is 0 Å². The van der Waals surface area contributed by atoms with Gasteiger partial charge >= 0.3 is 0 Å². The lowest BCUT2D eigenvalue weighted by Gasteiger charge is -2.28. The predicted octanol–water partition coefficient (Wildman–Crippen LogP) is 6.98. The molecule has 0 saturated carbocycles. The number of hydrogen-bond donors (Lipinski definition) is 0. The summed E-state index contributed by atoms with van der Waals surface area (Å²) in [6, 6.07) is 8.88. The number of halogens is 2. The average Bonchev–Trinajstić information content (AvgIpc) is 2.48. The van der Waals surface area contributed by atoms with Crippen LogP contribution in [0.25, 0.3) is 12.2 Å². The van der Waals surface area contributed by atoms with Crippen LogP contribution in [0.15, 0.2) is 24.3 Å². The SMILES string of the molecule is Cc1ccc(C)c2c1C=Cc1c(C)ccc(C)c1[C@H](Br)[C@H]2Br. The van der Waals surface area contributed by atoms with E-state index in [1.807, 2.05) is 0 Å². The number of benzene rings is 2. The second-order valence-electron chi connectivity index (χ2n) is 6.19. The van der Waals surface area contributed by atoms with Crippen LogP contribution in [0.2, 0.25) is 0 Å². The molecular formula is C20H20Br2. The molecule has 0 saturated heterocycles. The summed E-state index contributed by atoms with van der Waals surface area (Å²) in [7, 11) is 0. The topological polar surface area (TPSA) is 0 Å². The monoisotopic (exact) mass is 418 g/mol. The lowest BCUT2D eigenvalue weighted by Crippen LogP contribution is -2.10. The summed E-state index contributed by atoms with van der Waals surface area (Å²) >= 11 is 7.94. The molecule has 0 spiro atoms. The molecule has 0 nitrogen and oxygen atoms in total. The van der Waals surface area contributed by atoms with Gasteiger partial charge in [0.1, 0.15) is 0 Å². The maximum Gasteiger partial charge on any atom is 0.0570 e. The van der Waals surface area contributed by atoms with Gasteiger partial charge in [0.25, 0.3) is 0 Å². The molecule has 1 aliphatic rings. The number of fused-ring (bicyclic) bond motifs is 2. The van der Waals surface area contributed by atoms with Gasteiger partial charge in [-0.25, -0.2) is 0 Å². The smallest absolute Gasteiger partial charge is 0.0570 e. The van der Waals surface area contributed by atoms with E-state index in [0.29, 0.717) is 0 Å². The van der Waals surface area contributed by atoms with Crippen LogP contribution in [0.3, 0.4) is 0 Å². The van der Waals surface area contributed by atoms with Gasteiger partial charge in [0.15, 0.2) is 0 Å². The van der Waals surface area contributed by atoms with Crippen LogP contribution in [0, 0.1) is 27.7 Å². The summed E-state index contributed by atoms with van der Waals surface area (Å²) in [5, 5.41) is 0. The van der Waals surface area contributed by atoms with E-state index in [-0.39, 0.29) is 9.65 Å². The molecular weight excluding hydrogens is 400 g/mol. The van der Waals surface area contributed by atoms with Crippen molar-refractivity contribution in [1.82, 2.24) is 0 Å².